The fraction of sp³-hybridized carbons (Fsp3) is 0.310. The van der Waals surface area contributed by atoms with Crippen LogP contribution in [-0.4, -0.2) is 58.1 Å². The number of sulfonamides is 1. The van der Waals surface area contributed by atoms with Gasteiger partial charge in [0.1, 0.15) is 18.3 Å². The number of aryl methyl sites for hydroxylation is 2. The minimum atomic E-state index is -3.81. The molecule has 3 aromatic rings. The van der Waals surface area contributed by atoms with Gasteiger partial charge in [-0.05, 0) is 48.7 Å². The first-order valence-corrected chi connectivity index (χ1v) is 14.1. The predicted octanol–water partition coefficient (Wildman–Crippen LogP) is 3.46. The lowest BCUT2D eigenvalue weighted by Gasteiger charge is -2.33. The Morgan fingerprint density at radius 2 is 1.63 bits per heavy atom. The van der Waals surface area contributed by atoms with E-state index in [4.69, 9.17) is 4.74 Å². The molecule has 0 radical (unpaired) electrons. The quantitative estimate of drug-likeness (QED) is 0.404. The molecule has 0 aliphatic heterocycles. The predicted molar refractivity (Wildman–Crippen MR) is 150 cm³/mol. The molecule has 202 valence electrons. The van der Waals surface area contributed by atoms with Crippen molar-refractivity contribution in [2.75, 3.05) is 31.3 Å². The van der Waals surface area contributed by atoms with E-state index in [1.54, 1.807) is 31.4 Å². The standard InChI is InChI=1S/C29H35N3O5S/c1-21-14-15-26(22(2)16-21)32(38(5,35)36)20-28(33)31(19-24-12-9-13-25(17-24)37-4)27(29(34)30-3)18-23-10-7-6-8-11-23/h6-17,27H,18-20H2,1-5H3,(H,30,34)/t27-/m0/s1. The lowest BCUT2D eigenvalue weighted by atomic mass is 10.0. The second kappa shape index (κ2) is 12.6. The minimum absolute atomic E-state index is 0.0887. The molecule has 8 nitrogen and oxygen atoms in total. The number of amides is 2. The Morgan fingerprint density at radius 3 is 2.24 bits per heavy atom. The molecule has 38 heavy (non-hydrogen) atoms. The van der Waals surface area contributed by atoms with Gasteiger partial charge in [-0.25, -0.2) is 8.42 Å². The van der Waals surface area contributed by atoms with E-state index < -0.39 is 28.5 Å². The van der Waals surface area contributed by atoms with Crippen LogP contribution in [0.2, 0.25) is 0 Å². The monoisotopic (exact) mass is 537 g/mol. The van der Waals surface area contributed by atoms with Gasteiger partial charge in [-0.15, -0.1) is 0 Å². The molecule has 0 bridgehead atoms. The van der Waals surface area contributed by atoms with E-state index in [1.807, 2.05) is 62.4 Å². The van der Waals surface area contributed by atoms with Gasteiger partial charge in [-0.2, -0.15) is 0 Å². The van der Waals surface area contributed by atoms with Crippen molar-refractivity contribution in [2.45, 2.75) is 32.9 Å². The highest BCUT2D eigenvalue weighted by atomic mass is 32.2. The van der Waals surface area contributed by atoms with Crippen LogP contribution in [0, 0.1) is 13.8 Å². The van der Waals surface area contributed by atoms with E-state index in [2.05, 4.69) is 5.32 Å². The fourth-order valence-electron chi connectivity index (χ4n) is 4.37. The van der Waals surface area contributed by atoms with Crippen LogP contribution in [0.5, 0.6) is 5.75 Å². The van der Waals surface area contributed by atoms with Crippen LogP contribution in [0.1, 0.15) is 22.3 Å². The van der Waals surface area contributed by atoms with Crippen molar-refractivity contribution in [3.05, 3.63) is 95.1 Å². The molecule has 0 unspecified atom stereocenters. The number of nitrogens with zero attached hydrogens (tertiary/aromatic N) is 2. The van der Waals surface area contributed by atoms with Gasteiger partial charge in [0.2, 0.25) is 21.8 Å². The molecule has 1 atom stereocenters. The largest absolute Gasteiger partial charge is 0.497 e. The molecule has 2 amide bonds. The number of anilines is 1. The number of hydrogen-bond donors (Lipinski definition) is 1. The highest BCUT2D eigenvalue weighted by Crippen LogP contribution is 2.25. The van der Waals surface area contributed by atoms with E-state index in [9.17, 15) is 18.0 Å². The van der Waals surface area contributed by atoms with E-state index in [0.29, 0.717) is 11.4 Å². The topological polar surface area (TPSA) is 96.0 Å². The van der Waals surface area contributed by atoms with E-state index >= 15 is 0 Å². The summed E-state index contributed by atoms with van der Waals surface area (Å²) in [5, 5.41) is 2.67. The molecule has 0 spiro atoms. The molecule has 0 fully saturated rings. The van der Waals surface area contributed by atoms with Gasteiger partial charge in [0.25, 0.3) is 0 Å². The average molecular weight is 538 g/mol. The van der Waals surface area contributed by atoms with E-state index in [-0.39, 0.29) is 18.9 Å². The van der Waals surface area contributed by atoms with Crippen LogP contribution < -0.4 is 14.4 Å². The highest BCUT2D eigenvalue weighted by Gasteiger charge is 2.33. The summed E-state index contributed by atoms with van der Waals surface area (Å²) in [6, 6.07) is 21.1. The molecule has 1 N–H and O–H groups in total. The number of hydrogen-bond acceptors (Lipinski definition) is 5. The molecule has 9 heteroatoms. The van der Waals surface area contributed by atoms with E-state index in [0.717, 1.165) is 32.8 Å². The fourth-order valence-corrected chi connectivity index (χ4v) is 5.28. The normalized spacial score (nSPS) is 11.9. The van der Waals surface area contributed by atoms with Crippen LogP contribution >= 0.6 is 0 Å². The summed E-state index contributed by atoms with van der Waals surface area (Å²) in [5.41, 5.74) is 3.76. The van der Waals surface area contributed by atoms with Gasteiger partial charge >= 0.3 is 0 Å². The Hall–Kier alpha value is -3.85. The third kappa shape index (κ3) is 7.35. The first kappa shape index (κ1) is 28.7. The Labute approximate surface area is 225 Å². The van der Waals surface area contributed by atoms with Gasteiger partial charge in [-0.1, -0.05) is 60.2 Å². The lowest BCUT2D eigenvalue weighted by Crippen LogP contribution is -2.53. The summed E-state index contributed by atoms with van der Waals surface area (Å²) < 4.78 is 32.2. The van der Waals surface area contributed by atoms with Crippen LogP contribution in [0.4, 0.5) is 5.69 Å². The molecule has 0 heterocycles. The molecule has 0 saturated carbocycles. The van der Waals surface area contributed by atoms with Crippen molar-refractivity contribution in [2.24, 2.45) is 0 Å². The summed E-state index contributed by atoms with van der Waals surface area (Å²) in [5.74, 6) is -0.229. The van der Waals surface area contributed by atoms with Gasteiger partial charge in [0.05, 0.1) is 19.1 Å². The Kier molecular flexibility index (Phi) is 9.52. The second-order valence-corrected chi connectivity index (χ2v) is 11.2. The van der Waals surface area contributed by atoms with Crippen LogP contribution in [0.3, 0.4) is 0 Å². The summed E-state index contributed by atoms with van der Waals surface area (Å²) in [6.45, 7) is 3.36. The lowest BCUT2D eigenvalue weighted by molar-refractivity contribution is -0.139. The van der Waals surface area contributed by atoms with Gasteiger partial charge in [-0.3, -0.25) is 13.9 Å². The SMILES string of the molecule is CNC(=O)[C@H](Cc1ccccc1)N(Cc1cccc(OC)c1)C(=O)CN(c1ccc(C)cc1C)S(C)(=O)=O. The third-order valence-corrected chi connectivity index (χ3v) is 7.43. The Bertz CT molecular complexity index is 1380. The average Bonchev–Trinajstić information content (AvgIpc) is 2.89. The first-order valence-electron chi connectivity index (χ1n) is 12.3. The number of methoxy groups -OCH3 is 1. The van der Waals surface area contributed by atoms with E-state index in [1.165, 1.54) is 11.9 Å². The molecule has 3 aromatic carbocycles. The maximum atomic E-state index is 14.0. The number of likely N-dealkylation sites (N-methyl/N-ethyl adjacent to an activating group) is 1. The number of nitrogens with one attached hydrogen (secondary N) is 1. The minimum Gasteiger partial charge on any atom is -0.497 e. The highest BCUT2D eigenvalue weighted by molar-refractivity contribution is 7.92. The smallest absolute Gasteiger partial charge is 0.244 e. The summed E-state index contributed by atoms with van der Waals surface area (Å²) >= 11 is 0. The number of ether oxygens (including phenoxy) is 1. The number of carbonyl (C=O) groups excluding carboxylic acids is 2. The van der Waals surface area contributed by atoms with Crippen LogP contribution in [-0.2, 0) is 32.6 Å². The van der Waals surface area contributed by atoms with Gasteiger partial charge in [0.15, 0.2) is 0 Å². The molecule has 0 aliphatic carbocycles. The third-order valence-electron chi connectivity index (χ3n) is 6.30. The number of rotatable bonds is 11. The van der Waals surface area contributed by atoms with Crippen molar-refractivity contribution in [1.82, 2.24) is 10.2 Å². The number of benzene rings is 3. The van der Waals surface area contributed by atoms with Gasteiger partial charge in [0, 0.05) is 20.0 Å². The Balaban J connectivity index is 2.05. The molecular formula is C29H35N3O5S. The maximum Gasteiger partial charge on any atom is 0.244 e. The molecule has 0 aromatic heterocycles. The summed E-state index contributed by atoms with van der Waals surface area (Å²) in [7, 11) is -0.735. The molecule has 0 aliphatic rings. The summed E-state index contributed by atoms with van der Waals surface area (Å²) in [6.07, 6.45) is 1.34. The zero-order valence-electron chi connectivity index (χ0n) is 22.5. The van der Waals surface area contributed by atoms with Crippen LogP contribution in [0.25, 0.3) is 0 Å². The molecule has 3 rings (SSSR count). The zero-order chi connectivity index (χ0) is 27.9. The van der Waals surface area contributed by atoms with Crippen LogP contribution in [0.15, 0.2) is 72.8 Å². The maximum absolute atomic E-state index is 14.0. The van der Waals surface area contributed by atoms with Gasteiger partial charge < -0.3 is 15.0 Å². The molecular weight excluding hydrogens is 502 g/mol. The first-order chi connectivity index (χ1) is 18.0. The van der Waals surface area contributed by atoms with Crippen molar-refractivity contribution in [1.29, 1.82) is 0 Å². The summed E-state index contributed by atoms with van der Waals surface area (Å²) in [4.78, 5) is 28.6. The number of carbonyl (C=O) groups is 2. The van der Waals surface area contributed by atoms with Crippen molar-refractivity contribution < 1.29 is 22.7 Å². The van der Waals surface area contributed by atoms with Crippen molar-refractivity contribution in [3.63, 3.8) is 0 Å². The van der Waals surface area contributed by atoms with Crippen molar-refractivity contribution >= 4 is 27.5 Å². The second-order valence-electron chi connectivity index (χ2n) is 9.25. The van der Waals surface area contributed by atoms with Crippen molar-refractivity contribution in [3.8, 4) is 5.75 Å². The Morgan fingerprint density at radius 1 is 0.947 bits per heavy atom. The zero-order valence-corrected chi connectivity index (χ0v) is 23.3. The molecule has 0 saturated heterocycles.